The standard InChI is InChI=1S/C13H18N4O2S/c1-10-3-4-13(12(14)9-10)20(18,19)15-7-5-11-6-8-17(2)16-11/h3-4,6,8-9,15H,5,7,14H2,1-2H3. The number of anilines is 1. The zero-order valence-electron chi connectivity index (χ0n) is 11.5. The molecule has 3 N–H and O–H groups in total. The molecule has 0 radical (unpaired) electrons. The van der Waals surface area contributed by atoms with Gasteiger partial charge in [0.2, 0.25) is 10.0 Å². The number of nitrogens with two attached hydrogens (primary N) is 1. The second kappa shape index (κ2) is 5.64. The van der Waals surface area contributed by atoms with Gasteiger partial charge in [0.25, 0.3) is 0 Å². The molecule has 0 saturated carbocycles. The molecule has 0 saturated heterocycles. The van der Waals surface area contributed by atoms with Crippen molar-refractivity contribution in [1.82, 2.24) is 14.5 Å². The van der Waals surface area contributed by atoms with Gasteiger partial charge in [0.05, 0.1) is 11.4 Å². The predicted octanol–water partition coefficient (Wildman–Crippen LogP) is 0.832. The molecule has 0 aliphatic heterocycles. The molecule has 0 unspecified atom stereocenters. The molecule has 0 aliphatic rings. The van der Waals surface area contributed by atoms with E-state index in [4.69, 9.17) is 5.73 Å². The van der Waals surface area contributed by atoms with E-state index in [9.17, 15) is 8.42 Å². The van der Waals surface area contributed by atoms with E-state index in [1.165, 1.54) is 6.07 Å². The molecule has 0 aliphatic carbocycles. The van der Waals surface area contributed by atoms with Crippen molar-refractivity contribution in [2.75, 3.05) is 12.3 Å². The van der Waals surface area contributed by atoms with E-state index in [1.54, 1.807) is 16.8 Å². The van der Waals surface area contributed by atoms with Crippen molar-refractivity contribution in [2.24, 2.45) is 7.05 Å². The Morgan fingerprint density at radius 3 is 2.70 bits per heavy atom. The van der Waals surface area contributed by atoms with Crippen LogP contribution in [0.4, 0.5) is 5.69 Å². The lowest BCUT2D eigenvalue weighted by Gasteiger charge is -2.09. The smallest absolute Gasteiger partial charge is 0.242 e. The number of benzene rings is 1. The van der Waals surface area contributed by atoms with Gasteiger partial charge in [-0.25, -0.2) is 13.1 Å². The minimum absolute atomic E-state index is 0.115. The Bertz CT molecular complexity index is 707. The molecule has 0 fully saturated rings. The largest absolute Gasteiger partial charge is 0.398 e. The second-order valence-corrected chi connectivity index (χ2v) is 6.41. The highest BCUT2D eigenvalue weighted by Crippen LogP contribution is 2.19. The Morgan fingerprint density at radius 2 is 2.10 bits per heavy atom. The van der Waals surface area contributed by atoms with E-state index in [0.29, 0.717) is 6.42 Å². The highest BCUT2D eigenvalue weighted by Gasteiger charge is 2.16. The van der Waals surface area contributed by atoms with Gasteiger partial charge in [-0.1, -0.05) is 6.07 Å². The molecule has 6 nitrogen and oxygen atoms in total. The van der Waals surface area contributed by atoms with Crippen molar-refractivity contribution in [1.29, 1.82) is 0 Å². The molecule has 0 atom stereocenters. The van der Waals surface area contributed by atoms with Gasteiger partial charge in [-0.2, -0.15) is 5.10 Å². The van der Waals surface area contributed by atoms with E-state index in [1.807, 2.05) is 26.2 Å². The van der Waals surface area contributed by atoms with Gasteiger partial charge >= 0.3 is 0 Å². The maximum Gasteiger partial charge on any atom is 0.242 e. The molecule has 0 amide bonds. The summed E-state index contributed by atoms with van der Waals surface area (Å²) in [6, 6.07) is 6.75. The summed E-state index contributed by atoms with van der Waals surface area (Å²) in [6.45, 7) is 2.15. The second-order valence-electron chi connectivity index (χ2n) is 4.67. The molecule has 1 aromatic heterocycles. The van der Waals surface area contributed by atoms with Crippen LogP contribution in [0.1, 0.15) is 11.3 Å². The average Bonchev–Trinajstić information content (AvgIpc) is 2.74. The lowest BCUT2D eigenvalue weighted by Crippen LogP contribution is -2.26. The maximum absolute atomic E-state index is 12.1. The number of rotatable bonds is 5. The fourth-order valence-electron chi connectivity index (χ4n) is 1.90. The monoisotopic (exact) mass is 294 g/mol. The molecule has 0 bridgehead atoms. The normalized spacial score (nSPS) is 11.7. The van der Waals surface area contributed by atoms with Crippen LogP contribution < -0.4 is 10.5 Å². The van der Waals surface area contributed by atoms with Crippen LogP contribution in [0.15, 0.2) is 35.4 Å². The van der Waals surface area contributed by atoms with Crippen molar-refractivity contribution in [3.63, 3.8) is 0 Å². The van der Waals surface area contributed by atoms with Crippen molar-refractivity contribution < 1.29 is 8.42 Å². The zero-order chi connectivity index (χ0) is 14.8. The van der Waals surface area contributed by atoms with E-state index < -0.39 is 10.0 Å². The minimum atomic E-state index is -3.58. The Kier molecular flexibility index (Phi) is 4.10. The molecule has 20 heavy (non-hydrogen) atoms. The third kappa shape index (κ3) is 3.37. The molecule has 2 rings (SSSR count). The van der Waals surface area contributed by atoms with Gasteiger partial charge in [-0.15, -0.1) is 0 Å². The van der Waals surface area contributed by atoms with E-state index >= 15 is 0 Å². The van der Waals surface area contributed by atoms with Crippen LogP contribution in [0.25, 0.3) is 0 Å². The first-order valence-electron chi connectivity index (χ1n) is 6.23. The Hall–Kier alpha value is -1.86. The number of hydrogen-bond acceptors (Lipinski definition) is 4. The van der Waals surface area contributed by atoms with E-state index in [0.717, 1.165) is 11.3 Å². The maximum atomic E-state index is 12.1. The SMILES string of the molecule is Cc1ccc(S(=O)(=O)NCCc2ccn(C)n2)c(N)c1. The molecule has 7 heteroatoms. The van der Waals surface area contributed by atoms with Gasteiger partial charge in [0, 0.05) is 26.2 Å². The fraction of sp³-hybridized carbons (Fsp3) is 0.308. The first-order chi connectivity index (χ1) is 9.38. The predicted molar refractivity (Wildman–Crippen MR) is 77.7 cm³/mol. The molecule has 108 valence electrons. The molecule has 1 aromatic carbocycles. The number of aryl methyl sites for hydroxylation is 2. The van der Waals surface area contributed by atoms with Crippen LogP contribution in [0.2, 0.25) is 0 Å². The summed E-state index contributed by atoms with van der Waals surface area (Å²) in [6.07, 6.45) is 2.35. The number of aromatic nitrogens is 2. The average molecular weight is 294 g/mol. The van der Waals surface area contributed by atoms with Crippen molar-refractivity contribution >= 4 is 15.7 Å². The highest BCUT2D eigenvalue weighted by molar-refractivity contribution is 7.89. The molecule has 2 aromatic rings. The van der Waals surface area contributed by atoms with Gasteiger partial charge in [0.1, 0.15) is 4.90 Å². The summed E-state index contributed by atoms with van der Waals surface area (Å²) in [7, 11) is -1.76. The molecule has 1 heterocycles. The first-order valence-corrected chi connectivity index (χ1v) is 7.71. The van der Waals surface area contributed by atoms with Crippen LogP contribution in [-0.2, 0) is 23.5 Å². The zero-order valence-corrected chi connectivity index (χ0v) is 12.3. The topological polar surface area (TPSA) is 90.0 Å². The minimum Gasteiger partial charge on any atom is -0.398 e. The van der Waals surface area contributed by atoms with E-state index in [-0.39, 0.29) is 17.1 Å². The summed E-state index contributed by atoms with van der Waals surface area (Å²) in [4.78, 5) is 0.115. The third-order valence-electron chi connectivity index (χ3n) is 2.90. The van der Waals surface area contributed by atoms with Crippen molar-refractivity contribution in [3.05, 3.63) is 41.7 Å². The van der Waals surface area contributed by atoms with Crippen LogP contribution in [-0.4, -0.2) is 24.7 Å². The number of nitrogens with one attached hydrogen (secondary N) is 1. The number of nitrogen functional groups attached to an aromatic ring is 1. The summed E-state index contributed by atoms with van der Waals surface area (Å²) < 4.78 is 28.5. The van der Waals surface area contributed by atoms with Crippen LogP contribution in [0, 0.1) is 6.92 Å². The summed E-state index contributed by atoms with van der Waals surface area (Å²) in [5, 5.41) is 4.19. The number of sulfonamides is 1. The quantitative estimate of drug-likeness (QED) is 0.799. The first kappa shape index (κ1) is 14.5. The molecular formula is C13H18N4O2S. The third-order valence-corrected chi connectivity index (χ3v) is 4.43. The number of hydrogen-bond donors (Lipinski definition) is 2. The lowest BCUT2D eigenvalue weighted by atomic mass is 10.2. The Morgan fingerprint density at radius 1 is 1.35 bits per heavy atom. The van der Waals surface area contributed by atoms with E-state index in [2.05, 4.69) is 9.82 Å². The Balaban J connectivity index is 2.04. The summed E-state index contributed by atoms with van der Waals surface area (Å²) in [5.74, 6) is 0. The fourth-order valence-corrected chi connectivity index (χ4v) is 3.04. The van der Waals surface area contributed by atoms with Crippen molar-refractivity contribution in [2.45, 2.75) is 18.2 Å². The van der Waals surface area contributed by atoms with Crippen LogP contribution in [0.5, 0.6) is 0 Å². The highest BCUT2D eigenvalue weighted by atomic mass is 32.2. The van der Waals surface area contributed by atoms with Gasteiger partial charge < -0.3 is 5.73 Å². The van der Waals surface area contributed by atoms with Crippen molar-refractivity contribution in [3.8, 4) is 0 Å². The van der Waals surface area contributed by atoms with Gasteiger partial charge in [-0.3, -0.25) is 4.68 Å². The number of nitrogens with zero attached hydrogens (tertiary/aromatic N) is 2. The van der Waals surface area contributed by atoms with Crippen LogP contribution in [0.3, 0.4) is 0 Å². The summed E-state index contributed by atoms with van der Waals surface area (Å²) in [5.41, 5.74) is 7.78. The molecular weight excluding hydrogens is 276 g/mol. The van der Waals surface area contributed by atoms with Gasteiger partial charge in [-0.05, 0) is 30.7 Å². The molecule has 0 spiro atoms. The summed E-state index contributed by atoms with van der Waals surface area (Å²) >= 11 is 0. The Labute approximate surface area is 118 Å². The lowest BCUT2D eigenvalue weighted by molar-refractivity contribution is 0.581. The van der Waals surface area contributed by atoms with Crippen LogP contribution >= 0.6 is 0 Å². The van der Waals surface area contributed by atoms with Gasteiger partial charge in [0.15, 0.2) is 0 Å².